The highest BCUT2D eigenvalue weighted by molar-refractivity contribution is 5.99. The molecule has 0 radical (unpaired) electrons. The number of para-hydroxylation sites is 1. The maximum absolute atomic E-state index is 12.7. The van der Waals surface area contributed by atoms with Gasteiger partial charge in [-0.3, -0.25) is 14.7 Å². The Morgan fingerprint density at radius 1 is 1.40 bits per heavy atom. The van der Waals surface area contributed by atoms with Gasteiger partial charge in [-0.2, -0.15) is 5.10 Å². The SMILES string of the molecule is C=CC(=O)Nc1ccccc1CC(=O)N1CCCC(c2ncn[nH]2)C1. The van der Waals surface area contributed by atoms with E-state index in [1.807, 2.05) is 23.1 Å². The van der Waals surface area contributed by atoms with Gasteiger partial charge in [0.25, 0.3) is 0 Å². The van der Waals surface area contributed by atoms with Crippen LogP contribution in [0.15, 0.2) is 43.2 Å². The summed E-state index contributed by atoms with van der Waals surface area (Å²) in [5.74, 6) is 0.778. The highest BCUT2D eigenvalue weighted by Gasteiger charge is 2.26. The second-order valence-corrected chi connectivity index (χ2v) is 6.08. The predicted molar refractivity (Wildman–Crippen MR) is 93.9 cm³/mol. The van der Waals surface area contributed by atoms with E-state index in [4.69, 9.17) is 0 Å². The number of anilines is 1. The summed E-state index contributed by atoms with van der Waals surface area (Å²) < 4.78 is 0. The molecule has 2 heterocycles. The van der Waals surface area contributed by atoms with Gasteiger partial charge in [-0.05, 0) is 30.5 Å². The Labute approximate surface area is 146 Å². The summed E-state index contributed by atoms with van der Waals surface area (Å²) in [4.78, 5) is 30.4. The zero-order valence-corrected chi connectivity index (χ0v) is 13.9. The first-order valence-corrected chi connectivity index (χ1v) is 8.31. The minimum absolute atomic E-state index is 0.0458. The molecule has 1 aliphatic rings. The molecule has 1 aliphatic heterocycles. The van der Waals surface area contributed by atoms with Crippen LogP contribution in [0.2, 0.25) is 0 Å². The summed E-state index contributed by atoms with van der Waals surface area (Å²) in [5, 5.41) is 9.54. The van der Waals surface area contributed by atoms with Crippen LogP contribution in [-0.4, -0.2) is 45.0 Å². The van der Waals surface area contributed by atoms with Crippen LogP contribution in [0.5, 0.6) is 0 Å². The minimum atomic E-state index is -0.289. The van der Waals surface area contributed by atoms with E-state index in [1.54, 1.807) is 6.07 Å². The van der Waals surface area contributed by atoms with Crippen molar-refractivity contribution in [2.24, 2.45) is 0 Å². The van der Waals surface area contributed by atoms with E-state index in [9.17, 15) is 9.59 Å². The first-order chi connectivity index (χ1) is 12.2. The van der Waals surface area contributed by atoms with Gasteiger partial charge in [0.05, 0.1) is 6.42 Å². The molecule has 1 atom stereocenters. The van der Waals surface area contributed by atoms with Crippen LogP contribution in [0.3, 0.4) is 0 Å². The molecule has 0 spiro atoms. The predicted octanol–water partition coefficient (Wildman–Crippen LogP) is 1.88. The molecule has 1 saturated heterocycles. The van der Waals surface area contributed by atoms with Crippen molar-refractivity contribution >= 4 is 17.5 Å². The number of hydrogen-bond acceptors (Lipinski definition) is 4. The largest absolute Gasteiger partial charge is 0.342 e. The Morgan fingerprint density at radius 2 is 2.24 bits per heavy atom. The highest BCUT2D eigenvalue weighted by atomic mass is 16.2. The van der Waals surface area contributed by atoms with Gasteiger partial charge in [-0.15, -0.1) is 0 Å². The van der Waals surface area contributed by atoms with Crippen LogP contribution < -0.4 is 5.32 Å². The van der Waals surface area contributed by atoms with E-state index in [1.165, 1.54) is 12.4 Å². The molecule has 25 heavy (non-hydrogen) atoms. The van der Waals surface area contributed by atoms with Crippen LogP contribution in [-0.2, 0) is 16.0 Å². The number of nitrogens with one attached hydrogen (secondary N) is 2. The number of amides is 2. The van der Waals surface area contributed by atoms with Crippen molar-refractivity contribution in [3.05, 3.63) is 54.6 Å². The van der Waals surface area contributed by atoms with Crippen molar-refractivity contribution in [3.8, 4) is 0 Å². The van der Waals surface area contributed by atoms with E-state index in [0.717, 1.165) is 30.8 Å². The number of benzene rings is 1. The van der Waals surface area contributed by atoms with Crippen LogP contribution in [0.25, 0.3) is 0 Å². The molecule has 7 nitrogen and oxygen atoms in total. The lowest BCUT2D eigenvalue weighted by Gasteiger charge is -2.32. The molecule has 0 aliphatic carbocycles. The molecule has 1 aromatic carbocycles. The lowest BCUT2D eigenvalue weighted by Crippen LogP contribution is -2.40. The molecule has 130 valence electrons. The van der Waals surface area contributed by atoms with E-state index < -0.39 is 0 Å². The summed E-state index contributed by atoms with van der Waals surface area (Å²) in [6, 6.07) is 7.33. The molecular formula is C18H21N5O2. The molecule has 7 heteroatoms. The van der Waals surface area contributed by atoms with Crippen molar-refractivity contribution < 1.29 is 9.59 Å². The standard InChI is InChI=1S/C18H21N5O2/c1-2-16(24)21-15-8-4-3-6-13(15)10-17(25)23-9-5-7-14(11-23)18-19-12-20-22-18/h2-4,6,8,12,14H,1,5,7,9-11H2,(H,21,24)(H,19,20,22). The van der Waals surface area contributed by atoms with Crippen molar-refractivity contribution in [1.82, 2.24) is 20.1 Å². The van der Waals surface area contributed by atoms with Gasteiger partial charge in [-0.25, -0.2) is 4.98 Å². The molecule has 0 bridgehead atoms. The summed E-state index contributed by atoms with van der Waals surface area (Å²) in [6.45, 7) is 4.83. The average Bonchev–Trinajstić information content (AvgIpc) is 3.18. The fourth-order valence-corrected chi connectivity index (χ4v) is 3.09. The molecule has 3 rings (SSSR count). The maximum Gasteiger partial charge on any atom is 0.247 e. The molecule has 2 N–H and O–H groups in total. The number of likely N-dealkylation sites (tertiary alicyclic amines) is 1. The first-order valence-electron chi connectivity index (χ1n) is 8.31. The van der Waals surface area contributed by atoms with Crippen LogP contribution in [0.4, 0.5) is 5.69 Å². The summed E-state index contributed by atoms with van der Waals surface area (Å²) >= 11 is 0. The second-order valence-electron chi connectivity index (χ2n) is 6.08. The Morgan fingerprint density at radius 3 is 3.00 bits per heavy atom. The van der Waals surface area contributed by atoms with Crippen molar-refractivity contribution in [2.75, 3.05) is 18.4 Å². The lowest BCUT2D eigenvalue weighted by molar-refractivity contribution is -0.131. The minimum Gasteiger partial charge on any atom is -0.342 e. The number of carbonyl (C=O) groups excluding carboxylic acids is 2. The van der Waals surface area contributed by atoms with Gasteiger partial charge in [0.1, 0.15) is 12.2 Å². The summed E-state index contributed by atoms with van der Waals surface area (Å²) in [6.07, 6.45) is 4.88. The van der Waals surface area contributed by atoms with Crippen molar-refractivity contribution in [3.63, 3.8) is 0 Å². The summed E-state index contributed by atoms with van der Waals surface area (Å²) in [5.41, 5.74) is 1.44. The van der Waals surface area contributed by atoms with Crippen molar-refractivity contribution in [2.45, 2.75) is 25.2 Å². The van der Waals surface area contributed by atoms with Gasteiger partial charge in [0.2, 0.25) is 11.8 Å². The third-order valence-electron chi connectivity index (χ3n) is 4.40. The number of rotatable bonds is 5. The topological polar surface area (TPSA) is 91.0 Å². The van der Waals surface area contributed by atoms with Crippen molar-refractivity contribution in [1.29, 1.82) is 0 Å². The fraction of sp³-hybridized carbons (Fsp3) is 0.333. The average molecular weight is 339 g/mol. The number of aromatic nitrogens is 3. The van der Waals surface area contributed by atoms with E-state index in [0.29, 0.717) is 12.2 Å². The number of aromatic amines is 1. The zero-order valence-electron chi connectivity index (χ0n) is 13.9. The monoisotopic (exact) mass is 339 g/mol. The number of hydrogen-bond donors (Lipinski definition) is 2. The Balaban J connectivity index is 1.68. The molecule has 0 saturated carbocycles. The fourth-order valence-electron chi connectivity index (χ4n) is 3.09. The van der Waals surface area contributed by atoms with E-state index in [-0.39, 0.29) is 24.2 Å². The van der Waals surface area contributed by atoms with Crippen LogP contribution >= 0.6 is 0 Å². The van der Waals surface area contributed by atoms with Gasteiger partial charge < -0.3 is 10.2 Å². The van der Waals surface area contributed by atoms with E-state index in [2.05, 4.69) is 27.1 Å². The highest BCUT2D eigenvalue weighted by Crippen LogP contribution is 2.25. The molecule has 1 fully saturated rings. The first kappa shape index (κ1) is 16.9. The number of carbonyl (C=O) groups is 2. The smallest absolute Gasteiger partial charge is 0.247 e. The van der Waals surface area contributed by atoms with Gasteiger partial charge >= 0.3 is 0 Å². The molecular weight excluding hydrogens is 318 g/mol. The third-order valence-corrected chi connectivity index (χ3v) is 4.40. The normalized spacial score (nSPS) is 17.1. The molecule has 1 aromatic heterocycles. The zero-order chi connectivity index (χ0) is 17.6. The summed E-state index contributed by atoms with van der Waals surface area (Å²) in [7, 11) is 0. The third kappa shape index (κ3) is 4.12. The molecule has 2 aromatic rings. The van der Waals surface area contributed by atoms with Crippen LogP contribution in [0, 0.1) is 0 Å². The number of piperidine rings is 1. The van der Waals surface area contributed by atoms with Crippen LogP contribution in [0.1, 0.15) is 30.1 Å². The van der Waals surface area contributed by atoms with Gasteiger partial charge in [0.15, 0.2) is 0 Å². The Bertz CT molecular complexity index is 757. The number of nitrogens with zero attached hydrogens (tertiary/aromatic N) is 3. The molecule has 1 unspecified atom stereocenters. The van der Waals surface area contributed by atoms with Gasteiger partial charge in [0, 0.05) is 24.7 Å². The number of H-pyrrole nitrogens is 1. The Hall–Kier alpha value is -2.96. The lowest BCUT2D eigenvalue weighted by atomic mass is 9.96. The van der Waals surface area contributed by atoms with E-state index >= 15 is 0 Å². The Kier molecular flexibility index (Phi) is 5.23. The molecule has 2 amide bonds. The quantitative estimate of drug-likeness (QED) is 0.814. The van der Waals surface area contributed by atoms with Gasteiger partial charge in [-0.1, -0.05) is 24.8 Å². The second kappa shape index (κ2) is 7.74. The maximum atomic E-state index is 12.7.